The summed E-state index contributed by atoms with van der Waals surface area (Å²) in [6, 6.07) is 7.28. The number of rotatable bonds is 5. The number of amides is 2. The Labute approximate surface area is 144 Å². The van der Waals surface area contributed by atoms with Gasteiger partial charge in [0, 0.05) is 26.3 Å². The van der Waals surface area contributed by atoms with Crippen LogP contribution in [-0.4, -0.2) is 37.4 Å². The maximum atomic E-state index is 12.4. The lowest BCUT2D eigenvalue weighted by Crippen LogP contribution is -2.46. The summed E-state index contributed by atoms with van der Waals surface area (Å²) in [6.45, 7) is 0.428. The Morgan fingerprint density at radius 1 is 1.17 bits per heavy atom. The second kappa shape index (κ2) is 8.20. The molecule has 0 aromatic heterocycles. The van der Waals surface area contributed by atoms with E-state index in [1.54, 1.807) is 31.1 Å². The van der Waals surface area contributed by atoms with Gasteiger partial charge >= 0.3 is 0 Å². The van der Waals surface area contributed by atoms with Crippen molar-refractivity contribution in [1.82, 2.24) is 10.2 Å². The number of halogens is 1. The van der Waals surface area contributed by atoms with Crippen LogP contribution in [0.15, 0.2) is 24.3 Å². The van der Waals surface area contributed by atoms with E-state index in [1.165, 1.54) is 0 Å². The van der Waals surface area contributed by atoms with Gasteiger partial charge in [0.25, 0.3) is 0 Å². The van der Waals surface area contributed by atoms with Gasteiger partial charge in [-0.25, -0.2) is 0 Å². The van der Waals surface area contributed by atoms with Crippen LogP contribution in [0, 0.1) is 5.41 Å². The first-order chi connectivity index (χ1) is 10.4. The number of nitrogens with one attached hydrogen (secondary N) is 1. The number of nitrogen functional groups attached to an aromatic ring is 1. The second-order valence-electron chi connectivity index (χ2n) is 6.38. The molecular formula is C17H26ClN3O2. The molecule has 1 aliphatic rings. The number of carbonyl (C=O) groups is 2. The minimum atomic E-state index is -0.416. The number of carbonyl (C=O) groups excluding carboxylic acids is 2. The molecule has 128 valence electrons. The van der Waals surface area contributed by atoms with Crippen LogP contribution < -0.4 is 11.1 Å². The Morgan fingerprint density at radius 3 is 2.26 bits per heavy atom. The van der Waals surface area contributed by atoms with Crippen LogP contribution in [0.1, 0.15) is 31.2 Å². The Hall–Kier alpha value is -1.75. The predicted molar refractivity (Wildman–Crippen MR) is 94.4 cm³/mol. The molecule has 0 heterocycles. The average Bonchev–Trinajstić information content (AvgIpc) is 2.97. The molecule has 0 bridgehead atoms. The summed E-state index contributed by atoms with van der Waals surface area (Å²) < 4.78 is 0. The molecule has 23 heavy (non-hydrogen) atoms. The molecule has 1 aromatic carbocycles. The maximum Gasteiger partial charge on any atom is 0.230 e. The van der Waals surface area contributed by atoms with E-state index in [2.05, 4.69) is 5.32 Å². The van der Waals surface area contributed by atoms with Gasteiger partial charge in [-0.1, -0.05) is 25.0 Å². The van der Waals surface area contributed by atoms with E-state index in [9.17, 15) is 9.59 Å². The molecule has 0 saturated heterocycles. The minimum Gasteiger partial charge on any atom is -0.399 e. The van der Waals surface area contributed by atoms with Crippen molar-refractivity contribution in [1.29, 1.82) is 0 Å². The van der Waals surface area contributed by atoms with Crippen molar-refractivity contribution in [3.05, 3.63) is 29.8 Å². The Balaban J connectivity index is 0.00000264. The molecule has 2 amide bonds. The molecule has 6 heteroatoms. The first-order valence-corrected chi connectivity index (χ1v) is 7.76. The zero-order chi connectivity index (χ0) is 16.2. The van der Waals surface area contributed by atoms with E-state index in [-0.39, 0.29) is 24.2 Å². The summed E-state index contributed by atoms with van der Waals surface area (Å²) in [5, 5.41) is 2.95. The molecular weight excluding hydrogens is 314 g/mol. The molecule has 0 unspecified atom stereocenters. The van der Waals surface area contributed by atoms with E-state index >= 15 is 0 Å². The number of nitrogens with two attached hydrogens (primary N) is 1. The maximum absolute atomic E-state index is 12.4. The standard InChI is InChI=1S/C17H25N3O2.ClH/c1-20(2)16(22)17(9-3-4-10-17)12-19-15(21)11-13-5-7-14(18)8-6-13;/h5-8H,3-4,9-12,18H2,1-2H3,(H,19,21);1H. The van der Waals surface area contributed by atoms with Crippen LogP contribution in [0.4, 0.5) is 5.69 Å². The molecule has 1 aliphatic carbocycles. The third-order valence-corrected chi connectivity index (χ3v) is 4.39. The minimum absolute atomic E-state index is 0. The van der Waals surface area contributed by atoms with Gasteiger partial charge in [-0.15, -0.1) is 12.4 Å². The van der Waals surface area contributed by atoms with E-state index in [1.807, 2.05) is 12.1 Å². The summed E-state index contributed by atoms with van der Waals surface area (Å²) in [4.78, 5) is 26.2. The van der Waals surface area contributed by atoms with E-state index in [0.29, 0.717) is 18.7 Å². The van der Waals surface area contributed by atoms with Crippen molar-refractivity contribution in [2.45, 2.75) is 32.1 Å². The first-order valence-electron chi connectivity index (χ1n) is 7.76. The summed E-state index contributed by atoms with van der Waals surface area (Å²) >= 11 is 0. The smallest absolute Gasteiger partial charge is 0.230 e. The fraction of sp³-hybridized carbons (Fsp3) is 0.529. The van der Waals surface area contributed by atoms with Gasteiger partial charge < -0.3 is 16.0 Å². The van der Waals surface area contributed by atoms with E-state index < -0.39 is 5.41 Å². The first kappa shape index (κ1) is 19.3. The predicted octanol–water partition coefficient (Wildman–Crippen LogP) is 2.00. The van der Waals surface area contributed by atoms with E-state index in [4.69, 9.17) is 5.73 Å². The van der Waals surface area contributed by atoms with Gasteiger partial charge in [0.05, 0.1) is 11.8 Å². The SMILES string of the molecule is CN(C)C(=O)C1(CNC(=O)Cc2ccc(N)cc2)CCCC1.Cl. The van der Waals surface area contributed by atoms with Crippen LogP contribution in [-0.2, 0) is 16.0 Å². The highest BCUT2D eigenvalue weighted by Gasteiger charge is 2.42. The van der Waals surface area contributed by atoms with Crippen LogP contribution in [0.5, 0.6) is 0 Å². The molecule has 0 aliphatic heterocycles. The Bertz CT molecular complexity index is 537. The van der Waals surface area contributed by atoms with Crippen LogP contribution in [0.3, 0.4) is 0 Å². The fourth-order valence-electron chi connectivity index (χ4n) is 3.14. The average molecular weight is 340 g/mol. The van der Waals surface area contributed by atoms with Gasteiger partial charge in [-0.3, -0.25) is 9.59 Å². The molecule has 0 spiro atoms. The second-order valence-corrected chi connectivity index (χ2v) is 6.38. The van der Waals surface area contributed by atoms with Crippen LogP contribution in [0.2, 0.25) is 0 Å². The summed E-state index contributed by atoms with van der Waals surface area (Å²) in [5.41, 5.74) is 6.83. The molecule has 0 atom stereocenters. The number of anilines is 1. The largest absolute Gasteiger partial charge is 0.399 e. The summed E-state index contributed by atoms with van der Waals surface area (Å²) in [6.07, 6.45) is 4.12. The number of benzene rings is 1. The molecule has 0 radical (unpaired) electrons. The van der Waals surface area contributed by atoms with Gasteiger partial charge in [-0.05, 0) is 30.5 Å². The third-order valence-electron chi connectivity index (χ3n) is 4.39. The summed E-state index contributed by atoms with van der Waals surface area (Å²) in [5.74, 6) is 0.0698. The zero-order valence-electron chi connectivity index (χ0n) is 13.8. The Kier molecular flexibility index (Phi) is 6.88. The number of hydrogen-bond donors (Lipinski definition) is 2. The quantitative estimate of drug-likeness (QED) is 0.806. The van der Waals surface area contributed by atoms with Crippen molar-refractivity contribution < 1.29 is 9.59 Å². The fourth-order valence-corrected chi connectivity index (χ4v) is 3.14. The van der Waals surface area contributed by atoms with Crippen molar-refractivity contribution >= 4 is 29.9 Å². The lowest BCUT2D eigenvalue weighted by molar-refractivity contribution is -0.139. The summed E-state index contributed by atoms with van der Waals surface area (Å²) in [7, 11) is 3.55. The lowest BCUT2D eigenvalue weighted by atomic mass is 9.84. The van der Waals surface area contributed by atoms with Gasteiger partial charge in [0.15, 0.2) is 0 Å². The van der Waals surface area contributed by atoms with Gasteiger partial charge in [-0.2, -0.15) is 0 Å². The highest BCUT2D eigenvalue weighted by Crippen LogP contribution is 2.38. The van der Waals surface area contributed by atoms with Crippen molar-refractivity contribution in [3.63, 3.8) is 0 Å². The molecule has 5 nitrogen and oxygen atoms in total. The Morgan fingerprint density at radius 2 is 1.74 bits per heavy atom. The van der Waals surface area contributed by atoms with Crippen molar-refractivity contribution in [2.75, 3.05) is 26.4 Å². The molecule has 1 aromatic rings. The number of nitrogens with zero attached hydrogens (tertiary/aromatic N) is 1. The highest BCUT2D eigenvalue weighted by molar-refractivity contribution is 5.85. The topological polar surface area (TPSA) is 75.4 Å². The van der Waals surface area contributed by atoms with Gasteiger partial charge in [0.1, 0.15) is 0 Å². The monoisotopic (exact) mass is 339 g/mol. The van der Waals surface area contributed by atoms with E-state index in [0.717, 1.165) is 31.2 Å². The normalized spacial score (nSPS) is 15.6. The third kappa shape index (κ3) is 4.86. The van der Waals surface area contributed by atoms with Crippen LogP contribution in [0.25, 0.3) is 0 Å². The lowest BCUT2D eigenvalue weighted by Gasteiger charge is -2.30. The molecule has 1 saturated carbocycles. The molecule has 1 fully saturated rings. The molecule has 2 rings (SSSR count). The van der Waals surface area contributed by atoms with Crippen LogP contribution >= 0.6 is 12.4 Å². The number of hydrogen-bond acceptors (Lipinski definition) is 3. The van der Waals surface area contributed by atoms with Gasteiger partial charge in [0.2, 0.25) is 11.8 Å². The van der Waals surface area contributed by atoms with Crippen molar-refractivity contribution in [2.24, 2.45) is 5.41 Å². The molecule has 3 N–H and O–H groups in total. The van der Waals surface area contributed by atoms with Crippen molar-refractivity contribution in [3.8, 4) is 0 Å². The zero-order valence-corrected chi connectivity index (χ0v) is 14.6. The highest BCUT2D eigenvalue weighted by atomic mass is 35.5.